The second-order valence-electron chi connectivity index (χ2n) is 4.69. The largest absolute Gasteiger partial charge is 0.439 e. The van der Waals surface area contributed by atoms with Crippen molar-refractivity contribution in [3.05, 3.63) is 52.7 Å². The van der Waals surface area contributed by atoms with Crippen LogP contribution in [0.3, 0.4) is 0 Å². The van der Waals surface area contributed by atoms with Gasteiger partial charge in [0.05, 0.1) is 6.61 Å². The molecule has 2 rings (SSSR count). The summed E-state index contributed by atoms with van der Waals surface area (Å²) < 4.78 is 10.7. The van der Waals surface area contributed by atoms with Crippen molar-refractivity contribution in [2.24, 2.45) is 0 Å². The number of pyridine rings is 1. The summed E-state index contributed by atoms with van der Waals surface area (Å²) in [6.45, 7) is 4.23. The summed E-state index contributed by atoms with van der Waals surface area (Å²) in [5, 5.41) is 3.97. The van der Waals surface area contributed by atoms with Crippen molar-refractivity contribution < 1.29 is 9.47 Å². The molecule has 4 nitrogen and oxygen atoms in total. The Bertz CT molecular complexity index is 573. The van der Waals surface area contributed by atoms with Gasteiger partial charge in [-0.15, -0.1) is 0 Å². The Kier molecular flexibility index (Phi) is 5.99. The van der Waals surface area contributed by atoms with E-state index in [0.29, 0.717) is 17.5 Å². The number of halogens is 1. The Morgan fingerprint density at radius 3 is 2.76 bits per heavy atom. The number of aromatic nitrogens is 1. The van der Waals surface area contributed by atoms with E-state index in [1.165, 1.54) is 0 Å². The minimum Gasteiger partial charge on any atom is -0.439 e. The van der Waals surface area contributed by atoms with Crippen LogP contribution < -0.4 is 10.1 Å². The number of hydrogen-bond donors (Lipinski definition) is 1. The van der Waals surface area contributed by atoms with Gasteiger partial charge in [-0.3, -0.25) is 0 Å². The number of methoxy groups -OCH3 is 1. The zero-order valence-electron chi connectivity index (χ0n) is 12.2. The van der Waals surface area contributed by atoms with Crippen molar-refractivity contribution in [3.63, 3.8) is 0 Å². The highest BCUT2D eigenvalue weighted by Crippen LogP contribution is 2.26. The average molecular weight is 307 g/mol. The van der Waals surface area contributed by atoms with Crippen LogP contribution in [0.2, 0.25) is 5.02 Å². The lowest BCUT2D eigenvalue weighted by Crippen LogP contribution is -2.18. The summed E-state index contributed by atoms with van der Waals surface area (Å²) in [7, 11) is 1.69. The van der Waals surface area contributed by atoms with Gasteiger partial charge in [-0.1, -0.05) is 17.7 Å². The molecule has 0 bridgehead atoms. The number of nitrogens with one attached hydrogen (secondary N) is 1. The Hall–Kier alpha value is -1.62. The van der Waals surface area contributed by atoms with E-state index in [0.717, 1.165) is 30.0 Å². The molecule has 1 N–H and O–H groups in total. The van der Waals surface area contributed by atoms with Crippen LogP contribution in [0.4, 0.5) is 0 Å². The molecule has 21 heavy (non-hydrogen) atoms. The third kappa shape index (κ3) is 5.01. The number of aryl methyl sites for hydroxylation is 1. The lowest BCUT2D eigenvalue weighted by molar-refractivity contribution is 0.199. The Morgan fingerprint density at radius 1 is 1.24 bits per heavy atom. The first kappa shape index (κ1) is 15.8. The summed E-state index contributed by atoms with van der Waals surface area (Å²) >= 11 is 5.92. The van der Waals surface area contributed by atoms with Crippen molar-refractivity contribution in [3.8, 4) is 11.6 Å². The lowest BCUT2D eigenvalue weighted by Gasteiger charge is -2.09. The van der Waals surface area contributed by atoms with Crippen LogP contribution in [-0.2, 0) is 11.3 Å². The van der Waals surface area contributed by atoms with E-state index in [4.69, 9.17) is 21.1 Å². The molecule has 0 aliphatic carbocycles. The SMILES string of the molecule is COCCNCc1ccc(Oc2ccc(Cl)cc2C)nc1. The fraction of sp³-hybridized carbons (Fsp3) is 0.312. The molecule has 0 atom stereocenters. The summed E-state index contributed by atoms with van der Waals surface area (Å²) in [5.74, 6) is 1.33. The molecule has 0 fully saturated rings. The van der Waals surface area contributed by atoms with E-state index in [1.807, 2.05) is 31.2 Å². The molecule has 1 aromatic heterocycles. The first-order valence-corrected chi connectivity index (χ1v) is 7.15. The lowest BCUT2D eigenvalue weighted by atomic mass is 10.2. The van der Waals surface area contributed by atoms with Crippen molar-refractivity contribution in [2.75, 3.05) is 20.3 Å². The van der Waals surface area contributed by atoms with E-state index >= 15 is 0 Å². The van der Waals surface area contributed by atoms with Gasteiger partial charge in [0.2, 0.25) is 5.88 Å². The van der Waals surface area contributed by atoms with Gasteiger partial charge in [-0.25, -0.2) is 4.98 Å². The minimum absolute atomic E-state index is 0.570. The molecule has 0 saturated carbocycles. The predicted molar refractivity (Wildman–Crippen MR) is 84.1 cm³/mol. The topological polar surface area (TPSA) is 43.4 Å². The fourth-order valence-electron chi connectivity index (χ4n) is 1.82. The number of benzene rings is 1. The van der Waals surface area contributed by atoms with Crippen LogP contribution in [-0.4, -0.2) is 25.2 Å². The molecular weight excluding hydrogens is 288 g/mol. The third-order valence-corrected chi connectivity index (χ3v) is 3.20. The third-order valence-electron chi connectivity index (χ3n) is 2.96. The molecule has 0 aliphatic heterocycles. The monoisotopic (exact) mass is 306 g/mol. The van der Waals surface area contributed by atoms with Crippen molar-refractivity contribution in [1.29, 1.82) is 0 Å². The Labute approximate surface area is 130 Å². The maximum absolute atomic E-state index is 5.92. The van der Waals surface area contributed by atoms with Gasteiger partial charge in [0, 0.05) is 37.5 Å². The van der Waals surface area contributed by atoms with Gasteiger partial charge in [-0.05, 0) is 36.2 Å². The van der Waals surface area contributed by atoms with E-state index in [9.17, 15) is 0 Å². The summed E-state index contributed by atoms with van der Waals surface area (Å²) in [5.41, 5.74) is 2.08. The number of ether oxygens (including phenoxy) is 2. The number of nitrogens with zero attached hydrogens (tertiary/aromatic N) is 1. The molecule has 1 aromatic carbocycles. The summed E-state index contributed by atoms with van der Waals surface area (Å²) in [6, 6.07) is 9.37. The molecule has 0 spiro atoms. The van der Waals surface area contributed by atoms with E-state index in [2.05, 4.69) is 10.3 Å². The minimum atomic E-state index is 0.570. The van der Waals surface area contributed by atoms with Crippen LogP contribution >= 0.6 is 11.6 Å². The maximum Gasteiger partial charge on any atom is 0.219 e. The van der Waals surface area contributed by atoms with Crippen molar-refractivity contribution in [1.82, 2.24) is 10.3 Å². The van der Waals surface area contributed by atoms with Gasteiger partial charge < -0.3 is 14.8 Å². The van der Waals surface area contributed by atoms with Crippen molar-refractivity contribution >= 4 is 11.6 Å². The maximum atomic E-state index is 5.92. The highest BCUT2D eigenvalue weighted by atomic mass is 35.5. The Balaban J connectivity index is 1.92. The summed E-state index contributed by atoms with van der Waals surface area (Å²) in [4.78, 5) is 4.31. The van der Waals surface area contributed by atoms with Crippen LogP contribution in [0.25, 0.3) is 0 Å². The van der Waals surface area contributed by atoms with Gasteiger partial charge >= 0.3 is 0 Å². The standard InChI is InChI=1S/C16H19ClN2O2/c1-12-9-14(17)4-5-15(12)21-16-6-3-13(11-19-16)10-18-7-8-20-2/h3-6,9,11,18H,7-8,10H2,1-2H3. The van der Waals surface area contributed by atoms with Crippen molar-refractivity contribution in [2.45, 2.75) is 13.5 Å². The smallest absolute Gasteiger partial charge is 0.219 e. The van der Waals surface area contributed by atoms with Gasteiger partial charge in [-0.2, -0.15) is 0 Å². The van der Waals surface area contributed by atoms with E-state index < -0.39 is 0 Å². The summed E-state index contributed by atoms with van der Waals surface area (Å²) in [6.07, 6.45) is 1.81. The normalized spacial score (nSPS) is 10.6. The van der Waals surface area contributed by atoms with Gasteiger partial charge in [0.15, 0.2) is 0 Å². The van der Waals surface area contributed by atoms with E-state index in [1.54, 1.807) is 19.4 Å². The fourth-order valence-corrected chi connectivity index (χ4v) is 2.05. The van der Waals surface area contributed by atoms with Crippen LogP contribution in [0.15, 0.2) is 36.5 Å². The Morgan fingerprint density at radius 2 is 2.10 bits per heavy atom. The first-order chi connectivity index (χ1) is 10.2. The molecule has 112 valence electrons. The molecule has 1 heterocycles. The van der Waals surface area contributed by atoms with Crippen LogP contribution in [0.5, 0.6) is 11.6 Å². The highest BCUT2D eigenvalue weighted by Gasteiger charge is 2.03. The van der Waals surface area contributed by atoms with Gasteiger partial charge in [0.25, 0.3) is 0 Å². The molecule has 0 aliphatic rings. The van der Waals surface area contributed by atoms with Crippen LogP contribution in [0, 0.1) is 6.92 Å². The molecule has 0 unspecified atom stereocenters. The second kappa shape index (κ2) is 7.98. The number of hydrogen-bond acceptors (Lipinski definition) is 4. The quantitative estimate of drug-likeness (QED) is 0.794. The highest BCUT2D eigenvalue weighted by molar-refractivity contribution is 6.30. The zero-order chi connectivity index (χ0) is 15.1. The molecule has 5 heteroatoms. The molecule has 2 aromatic rings. The average Bonchev–Trinajstić information content (AvgIpc) is 2.48. The zero-order valence-corrected chi connectivity index (χ0v) is 13.0. The molecule has 0 radical (unpaired) electrons. The second-order valence-corrected chi connectivity index (χ2v) is 5.12. The molecule has 0 amide bonds. The van der Waals surface area contributed by atoms with Gasteiger partial charge in [0.1, 0.15) is 5.75 Å². The first-order valence-electron chi connectivity index (χ1n) is 6.77. The van der Waals surface area contributed by atoms with Crippen LogP contribution in [0.1, 0.15) is 11.1 Å². The number of rotatable bonds is 7. The van der Waals surface area contributed by atoms with E-state index in [-0.39, 0.29) is 0 Å². The molecule has 0 saturated heterocycles. The predicted octanol–water partition coefficient (Wildman–Crippen LogP) is 3.57. The molecular formula is C16H19ClN2O2.